The summed E-state index contributed by atoms with van der Waals surface area (Å²) in [4.78, 5) is 2.12. The highest BCUT2D eigenvalue weighted by molar-refractivity contribution is 5.50. The Kier molecular flexibility index (Phi) is 4.94. The minimum absolute atomic E-state index is 0.205. The molecule has 2 unspecified atom stereocenters. The summed E-state index contributed by atoms with van der Waals surface area (Å²) in [5.74, 6) is 1.26. The van der Waals surface area contributed by atoms with Crippen LogP contribution in [0.25, 0.3) is 0 Å². The molecule has 0 aliphatic carbocycles. The maximum Gasteiger partial charge on any atom is 0.167 e. The van der Waals surface area contributed by atoms with Gasteiger partial charge in [-0.1, -0.05) is 24.3 Å². The first-order valence-electron chi connectivity index (χ1n) is 7.46. The molecule has 0 aromatic heterocycles. The number of hydrogen-bond donors (Lipinski definition) is 1. The quantitative estimate of drug-likeness (QED) is 0.821. The molecule has 1 heterocycles. The lowest BCUT2D eigenvalue weighted by atomic mass is 9.84. The summed E-state index contributed by atoms with van der Waals surface area (Å²) >= 11 is 0. The molecule has 0 amide bonds. The fourth-order valence-electron chi connectivity index (χ4n) is 3.18. The third-order valence-corrected chi connectivity index (χ3v) is 4.04. The molecule has 1 N–H and O–H groups in total. The minimum atomic E-state index is -0.672. The number of hydrogen-bond acceptors (Lipinski definition) is 4. The van der Waals surface area contributed by atoms with E-state index in [1.807, 2.05) is 44.2 Å². The Balaban J connectivity index is 2.47. The predicted molar refractivity (Wildman–Crippen MR) is 88.4 cm³/mol. The lowest BCUT2D eigenvalue weighted by Crippen LogP contribution is -2.58. The number of para-hydroxylation sites is 1. The van der Waals surface area contributed by atoms with Gasteiger partial charge in [-0.25, -0.2) is 0 Å². The number of rotatable bonds is 6. The van der Waals surface area contributed by atoms with E-state index in [9.17, 15) is 5.11 Å². The van der Waals surface area contributed by atoms with Crippen LogP contribution in [0.5, 0.6) is 11.5 Å². The number of fused-ring (bicyclic) bond motifs is 1. The number of benzene rings is 1. The van der Waals surface area contributed by atoms with E-state index in [1.54, 1.807) is 7.11 Å². The van der Waals surface area contributed by atoms with Crippen molar-refractivity contribution in [3.8, 4) is 11.5 Å². The molecule has 0 saturated carbocycles. The maximum absolute atomic E-state index is 11.0. The van der Waals surface area contributed by atoms with Crippen molar-refractivity contribution in [3.63, 3.8) is 0 Å². The summed E-state index contributed by atoms with van der Waals surface area (Å²) < 4.78 is 11.6. The molecule has 22 heavy (non-hydrogen) atoms. The van der Waals surface area contributed by atoms with Gasteiger partial charge < -0.3 is 14.6 Å². The van der Waals surface area contributed by atoms with Crippen LogP contribution in [0.4, 0.5) is 0 Å². The lowest BCUT2D eigenvalue weighted by Gasteiger charge is -2.47. The van der Waals surface area contributed by atoms with Gasteiger partial charge in [0.05, 0.1) is 13.2 Å². The molecule has 2 atom stereocenters. The van der Waals surface area contributed by atoms with Gasteiger partial charge in [0.1, 0.15) is 11.7 Å². The van der Waals surface area contributed by atoms with E-state index in [0.717, 1.165) is 5.56 Å². The molecule has 1 aliphatic heterocycles. The molecule has 0 radical (unpaired) electrons. The van der Waals surface area contributed by atoms with Crippen molar-refractivity contribution in [1.82, 2.24) is 4.90 Å². The van der Waals surface area contributed by atoms with Crippen LogP contribution in [-0.4, -0.2) is 41.8 Å². The van der Waals surface area contributed by atoms with Crippen LogP contribution < -0.4 is 9.47 Å². The van der Waals surface area contributed by atoms with Crippen molar-refractivity contribution in [1.29, 1.82) is 0 Å². The normalized spacial score (nSPS) is 22.6. The lowest BCUT2D eigenvalue weighted by molar-refractivity contribution is -0.0772. The first-order chi connectivity index (χ1) is 10.5. The van der Waals surface area contributed by atoms with E-state index in [1.165, 1.54) is 0 Å². The van der Waals surface area contributed by atoms with Crippen LogP contribution in [0.1, 0.15) is 25.5 Å². The van der Waals surface area contributed by atoms with Crippen molar-refractivity contribution in [2.75, 3.05) is 20.2 Å². The molecular formula is C18H25NO3. The first-order valence-corrected chi connectivity index (χ1v) is 7.46. The number of aliphatic hydroxyl groups is 1. The highest BCUT2D eigenvalue weighted by Crippen LogP contribution is 2.46. The summed E-state index contributed by atoms with van der Waals surface area (Å²) in [6.45, 7) is 12.9. The predicted octanol–water partition coefficient (Wildman–Crippen LogP) is 2.94. The zero-order valence-electron chi connectivity index (χ0n) is 13.6. The molecule has 0 spiro atoms. The monoisotopic (exact) mass is 303 g/mol. The van der Waals surface area contributed by atoms with E-state index in [2.05, 4.69) is 18.1 Å². The largest absolute Gasteiger partial charge is 0.493 e. The van der Waals surface area contributed by atoms with Gasteiger partial charge in [-0.05, 0) is 19.9 Å². The maximum atomic E-state index is 11.0. The topological polar surface area (TPSA) is 41.9 Å². The fourth-order valence-corrected chi connectivity index (χ4v) is 3.18. The summed E-state index contributed by atoms with van der Waals surface area (Å²) in [6.07, 6.45) is 2.98. The SMILES string of the molecule is C=CCN(CC=C)C1C(O)c2cccc(OC)c2OC1(C)C. The average Bonchev–Trinajstić information content (AvgIpc) is 2.46. The number of aliphatic hydroxyl groups excluding tert-OH is 1. The molecule has 4 nitrogen and oxygen atoms in total. The van der Waals surface area contributed by atoms with Crippen LogP contribution in [0.3, 0.4) is 0 Å². The molecule has 4 heteroatoms. The van der Waals surface area contributed by atoms with Gasteiger partial charge in [0.2, 0.25) is 0 Å². The number of methoxy groups -OCH3 is 1. The van der Waals surface area contributed by atoms with Crippen LogP contribution in [0.2, 0.25) is 0 Å². The molecule has 120 valence electrons. The Morgan fingerprint density at radius 3 is 2.50 bits per heavy atom. The van der Waals surface area contributed by atoms with E-state index in [4.69, 9.17) is 9.47 Å². The first kappa shape index (κ1) is 16.6. The van der Waals surface area contributed by atoms with Crippen LogP contribution in [0.15, 0.2) is 43.5 Å². The van der Waals surface area contributed by atoms with Crippen molar-refractivity contribution >= 4 is 0 Å². The molecular weight excluding hydrogens is 278 g/mol. The zero-order chi connectivity index (χ0) is 16.3. The van der Waals surface area contributed by atoms with Crippen molar-refractivity contribution in [2.45, 2.75) is 31.6 Å². The Morgan fingerprint density at radius 2 is 1.95 bits per heavy atom. The van der Waals surface area contributed by atoms with Crippen LogP contribution in [0, 0.1) is 0 Å². The Morgan fingerprint density at radius 1 is 1.32 bits per heavy atom. The third-order valence-electron chi connectivity index (χ3n) is 4.04. The number of ether oxygens (including phenoxy) is 2. The number of nitrogens with zero attached hydrogens (tertiary/aromatic N) is 1. The smallest absolute Gasteiger partial charge is 0.167 e. The second-order valence-corrected chi connectivity index (χ2v) is 6.01. The van der Waals surface area contributed by atoms with Gasteiger partial charge in [0.15, 0.2) is 11.5 Å². The molecule has 1 aliphatic rings. The van der Waals surface area contributed by atoms with Gasteiger partial charge in [-0.3, -0.25) is 4.90 Å². The highest BCUT2D eigenvalue weighted by Gasteiger charge is 2.46. The highest BCUT2D eigenvalue weighted by atomic mass is 16.5. The summed E-state index contributed by atoms with van der Waals surface area (Å²) in [6, 6.07) is 5.38. The van der Waals surface area contributed by atoms with Gasteiger partial charge in [-0.2, -0.15) is 0 Å². The van der Waals surface area contributed by atoms with Gasteiger partial charge >= 0.3 is 0 Å². The van der Waals surface area contributed by atoms with Crippen LogP contribution in [-0.2, 0) is 0 Å². The van der Waals surface area contributed by atoms with Gasteiger partial charge in [0, 0.05) is 18.7 Å². The third kappa shape index (κ3) is 2.89. The van der Waals surface area contributed by atoms with Crippen molar-refractivity contribution < 1.29 is 14.6 Å². The molecule has 0 fully saturated rings. The summed E-state index contributed by atoms with van der Waals surface area (Å²) in [7, 11) is 1.60. The van der Waals surface area contributed by atoms with E-state index in [-0.39, 0.29) is 6.04 Å². The molecule has 0 bridgehead atoms. The minimum Gasteiger partial charge on any atom is -0.493 e. The van der Waals surface area contributed by atoms with E-state index < -0.39 is 11.7 Å². The second-order valence-electron chi connectivity index (χ2n) is 6.01. The Labute approximate surface area is 132 Å². The fraction of sp³-hybridized carbons (Fsp3) is 0.444. The zero-order valence-corrected chi connectivity index (χ0v) is 13.6. The van der Waals surface area contributed by atoms with Crippen molar-refractivity contribution in [2.24, 2.45) is 0 Å². The molecule has 1 aromatic carbocycles. The molecule has 0 saturated heterocycles. The summed E-state index contributed by atoms with van der Waals surface area (Å²) in [5, 5.41) is 11.0. The Hall–Kier alpha value is -1.78. The standard InChI is InChI=1S/C18H25NO3/c1-6-11-19(12-7-2)17-15(20)13-9-8-10-14(21-5)16(13)22-18(17,3)4/h6-10,15,17,20H,1-2,11-12H2,3-5H3. The van der Waals surface area contributed by atoms with Crippen LogP contribution >= 0.6 is 0 Å². The second kappa shape index (κ2) is 6.55. The van der Waals surface area contributed by atoms with Crippen molar-refractivity contribution in [3.05, 3.63) is 49.1 Å². The molecule has 2 rings (SSSR count). The Bertz CT molecular complexity index is 543. The van der Waals surface area contributed by atoms with E-state index in [0.29, 0.717) is 24.6 Å². The average molecular weight is 303 g/mol. The molecule has 1 aromatic rings. The summed E-state index contributed by atoms with van der Waals surface area (Å²) in [5.41, 5.74) is 0.175. The van der Waals surface area contributed by atoms with Gasteiger partial charge in [-0.15, -0.1) is 13.2 Å². The van der Waals surface area contributed by atoms with E-state index >= 15 is 0 Å². The van der Waals surface area contributed by atoms with Gasteiger partial charge in [0.25, 0.3) is 0 Å².